The summed E-state index contributed by atoms with van der Waals surface area (Å²) in [4.78, 5) is 23.2. The van der Waals surface area contributed by atoms with E-state index in [4.69, 9.17) is 16.3 Å². The second-order valence-corrected chi connectivity index (χ2v) is 7.85. The van der Waals surface area contributed by atoms with E-state index in [0.29, 0.717) is 5.56 Å². The van der Waals surface area contributed by atoms with E-state index in [0.717, 1.165) is 0 Å². The summed E-state index contributed by atoms with van der Waals surface area (Å²) < 4.78 is 45.4. The highest BCUT2D eigenvalue weighted by Crippen LogP contribution is 2.20. The molecule has 27 heavy (non-hydrogen) atoms. The Morgan fingerprint density at radius 3 is 2.37 bits per heavy atom. The van der Waals surface area contributed by atoms with E-state index in [-0.39, 0.29) is 21.3 Å². The predicted molar refractivity (Wildman–Crippen MR) is 97.4 cm³/mol. The Morgan fingerprint density at radius 1 is 1.19 bits per heavy atom. The number of ketones is 1. The lowest BCUT2D eigenvalue weighted by Crippen LogP contribution is -2.39. The van der Waals surface area contributed by atoms with Crippen LogP contribution in [0.3, 0.4) is 0 Å². The van der Waals surface area contributed by atoms with Crippen LogP contribution in [0.5, 0.6) is 0 Å². The van der Waals surface area contributed by atoms with E-state index in [1.165, 1.54) is 56.3 Å². The summed E-state index contributed by atoms with van der Waals surface area (Å²) in [5.41, 5.74) is 0.366. The minimum absolute atomic E-state index is 0.00222. The van der Waals surface area contributed by atoms with Crippen LogP contribution in [0.4, 0.5) is 4.39 Å². The van der Waals surface area contributed by atoms with Gasteiger partial charge in [0.05, 0.1) is 9.92 Å². The van der Waals surface area contributed by atoms with E-state index in [1.54, 1.807) is 0 Å². The van der Waals surface area contributed by atoms with Gasteiger partial charge in [-0.05, 0) is 38.1 Å². The van der Waals surface area contributed by atoms with Crippen molar-refractivity contribution in [2.45, 2.75) is 31.4 Å². The fraction of sp³-hybridized carbons (Fsp3) is 0.222. The number of rotatable bonds is 7. The van der Waals surface area contributed by atoms with Crippen molar-refractivity contribution in [1.82, 2.24) is 4.72 Å². The average molecular weight is 414 g/mol. The van der Waals surface area contributed by atoms with Crippen molar-refractivity contribution < 1.29 is 27.1 Å². The van der Waals surface area contributed by atoms with Gasteiger partial charge in [-0.3, -0.25) is 9.59 Å². The molecule has 0 unspecified atom stereocenters. The van der Waals surface area contributed by atoms with E-state index in [1.807, 2.05) is 0 Å². The maximum absolute atomic E-state index is 13.7. The van der Waals surface area contributed by atoms with E-state index in [9.17, 15) is 22.4 Å². The number of hydrogen-bond donors (Lipinski definition) is 1. The molecule has 144 valence electrons. The third kappa shape index (κ3) is 5.35. The molecule has 0 radical (unpaired) electrons. The van der Waals surface area contributed by atoms with Gasteiger partial charge in [-0.2, -0.15) is 4.72 Å². The van der Waals surface area contributed by atoms with Gasteiger partial charge in [0.15, 0.2) is 5.78 Å². The molecule has 1 N–H and O–H groups in total. The lowest BCUT2D eigenvalue weighted by molar-refractivity contribution is -0.146. The summed E-state index contributed by atoms with van der Waals surface area (Å²) in [6.45, 7) is 2.23. The molecular formula is C18H17ClFNO5S. The number of nitrogens with one attached hydrogen (secondary N) is 1. The topological polar surface area (TPSA) is 89.5 Å². The molecule has 2 aromatic rings. The van der Waals surface area contributed by atoms with Crippen LogP contribution in [0.15, 0.2) is 47.4 Å². The van der Waals surface area contributed by atoms with Gasteiger partial charge < -0.3 is 4.74 Å². The molecule has 9 heteroatoms. The summed E-state index contributed by atoms with van der Waals surface area (Å²) in [5, 5.41) is 0.0987. The molecule has 0 bridgehead atoms. The highest BCUT2D eigenvalue weighted by atomic mass is 35.5. The first kappa shape index (κ1) is 21.0. The second-order valence-electron chi connectivity index (χ2n) is 5.73. The molecule has 0 aliphatic carbocycles. The van der Waals surface area contributed by atoms with Crippen LogP contribution in [0, 0.1) is 5.82 Å². The zero-order chi connectivity index (χ0) is 20.2. The van der Waals surface area contributed by atoms with Crippen LogP contribution < -0.4 is 4.72 Å². The number of hydrogen-bond acceptors (Lipinski definition) is 5. The maximum atomic E-state index is 13.7. The van der Waals surface area contributed by atoms with Crippen molar-refractivity contribution >= 4 is 33.4 Å². The maximum Gasteiger partial charge on any atom is 0.324 e. The van der Waals surface area contributed by atoms with Crippen LogP contribution in [-0.2, 0) is 26.2 Å². The van der Waals surface area contributed by atoms with Crippen LogP contribution in [-0.4, -0.2) is 26.2 Å². The monoisotopic (exact) mass is 413 g/mol. The van der Waals surface area contributed by atoms with Gasteiger partial charge in [0.25, 0.3) is 0 Å². The number of sulfonamides is 1. The third-order valence-corrected chi connectivity index (χ3v) is 5.59. The molecule has 2 rings (SSSR count). The Morgan fingerprint density at radius 2 is 1.81 bits per heavy atom. The number of benzene rings is 2. The molecule has 0 aromatic heterocycles. The lowest BCUT2D eigenvalue weighted by Gasteiger charge is -2.14. The standard InChI is InChI=1S/C18H17ClFNO5S/c1-11(18(23)26-10-15-16(19)4-3-5-17(15)20)21-27(24,25)14-8-6-13(7-9-14)12(2)22/h3-9,11,21H,10H2,1-2H3/t11-/m0/s1. The molecule has 0 saturated carbocycles. The lowest BCUT2D eigenvalue weighted by atomic mass is 10.2. The summed E-state index contributed by atoms with van der Waals surface area (Å²) in [6.07, 6.45) is 0. The van der Waals surface area contributed by atoms with E-state index >= 15 is 0 Å². The molecule has 0 aliphatic rings. The zero-order valence-electron chi connectivity index (χ0n) is 14.5. The largest absolute Gasteiger partial charge is 0.459 e. The number of esters is 1. The molecule has 0 spiro atoms. The molecule has 0 amide bonds. The van der Waals surface area contributed by atoms with Crippen molar-refractivity contribution in [3.8, 4) is 0 Å². The summed E-state index contributed by atoms with van der Waals surface area (Å²) in [5.74, 6) is -1.72. The molecule has 0 fully saturated rings. The van der Waals surface area contributed by atoms with Gasteiger partial charge in [-0.1, -0.05) is 29.8 Å². The number of halogens is 2. The Hall–Kier alpha value is -2.29. The third-order valence-electron chi connectivity index (χ3n) is 3.68. The molecule has 2 aromatic carbocycles. The first-order valence-electron chi connectivity index (χ1n) is 7.84. The van der Waals surface area contributed by atoms with Crippen LogP contribution in [0.1, 0.15) is 29.8 Å². The smallest absolute Gasteiger partial charge is 0.324 e. The fourth-order valence-electron chi connectivity index (χ4n) is 2.16. The summed E-state index contributed by atoms with van der Waals surface area (Å²) in [7, 11) is -4.01. The highest BCUT2D eigenvalue weighted by molar-refractivity contribution is 7.89. The number of ether oxygens (including phenoxy) is 1. The predicted octanol–water partition coefficient (Wildman–Crippen LogP) is 3.09. The van der Waals surface area contributed by atoms with E-state index in [2.05, 4.69) is 4.72 Å². The molecule has 1 atom stereocenters. The Bertz CT molecular complexity index is 940. The SMILES string of the molecule is CC(=O)c1ccc(S(=O)(=O)N[C@@H](C)C(=O)OCc2c(F)cccc2Cl)cc1. The van der Waals surface area contributed by atoms with Crippen LogP contribution >= 0.6 is 11.6 Å². The van der Waals surface area contributed by atoms with Crippen molar-refractivity contribution in [3.63, 3.8) is 0 Å². The van der Waals surface area contributed by atoms with Gasteiger partial charge in [0.1, 0.15) is 18.5 Å². The van der Waals surface area contributed by atoms with Crippen molar-refractivity contribution in [2.24, 2.45) is 0 Å². The normalized spacial score (nSPS) is 12.4. The molecular weight excluding hydrogens is 397 g/mol. The van der Waals surface area contributed by atoms with Crippen molar-refractivity contribution in [3.05, 3.63) is 64.4 Å². The first-order chi connectivity index (χ1) is 12.6. The Kier molecular flexibility index (Phi) is 6.69. The quantitative estimate of drug-likeness (QED) is 0.556. The minimum Gasteiger partial charge on any atom is -0.459 e. The molecule has 0 aliphatic heterocycles. The number of Topliss-reactive ketones (excluding diaryl/α,β-unsaturated/α-hetero) is 1. The van der Waals surface area contributed by atoms with Crippen molar-refractivity contribution in [1.29, 1.82) is 0 Å². The number of carbonyl (C=O) groups is 2. The minimum atomic E-state index is -4.01. The van der Waals surface area contributed by atoms with Gasteiger partial charge in [0, 0.05) is 11.1 Å². The second kappa shape index (κ2) is 8.60. The Labute approximate surface area is 161 Å². The van der Waals surface area contributed by atoms with E-state index < -0.39 is 34.5 Å². The average Bonchev–Trinajstić information content (AvgIpc) is 2.60. The van der Waals surface area contributed by atoms with Gasteiger partial charge in [-0.15, -0.1) is 0 Å². The molecule has 6 nitrogen and oxygen atoms in total. The summed E-state index contributed by atoms with van der Waals surface area (Å²) >= 11 is 5.85. The Balaban J connectivity index is 2.03. The van der Waals surface area contributed by atoms with Crippen LogP contribution in [0.25, 0.3) is 0 Å². The summed E-state index contributed by atoms with van der Waals surface area (Å²) in [6, 6.07) is 8.09. The van der Waals surface area contributed by atoms with Gasteiger partial charge >= 0.3 is 5.97 Å². The van der Waals surface area contributed by atoms with Gasteiger partial charge in [-0.25, -0.2) is 12.8 Å². The number of carbonyl (C=O) groups excluding carboxylic acids is 2. The highest BCUT2D eigenvalue weighted by Gasteiger charge is 2.24. The first-order valence-corrected chi connectivity index (χ1v) is 9.71. The zero-order valence-corrected chi connectivity index (χ0v) is 16.1. The van der Waals surface area contributed by atoms with Gasteiger partial charge in [0.2, 0.25) is 10.0 Å². The van der Waals surface area contributed by atoms with Crippen LogP contribution in [0.2, 0.25) is 5.02 Å². The fourth-order valence-corrected chi connectivity index (χ4v) is 3.57. The molecule has 0 heterocycles. The molecule has 0 saturated heterocycles. The van der Waals surface area contributed by atoms with Crippen molar-refractivity contribution in [2.75, 3.05) is 0 Å².